The van der Waals surface area contributed by atoms with Crippen LogP contribution in [0.4, 0.5) is 0 Å². The van der Waals surface area contributed by atoms with Gasteiger partial charge in [0.05, 0.1) is 17.6 Å². The molecule has 2 unspecified atom stereocenters. The van der Waals surface area contributed by atoms with Crippen molar-refractivity contribution in [3.8, 4) is 0 Å². The summed E-state index contributed by atoms with van der Waals surface area (Å²) < 4.78 is 28.5. The highest BCUT2D eigenvalue weighted by atomic mass is 32.2. The topological polar surface area (TPSA) is 55.4 Å². The van der Waals surface area contributed by atoms with Crippen LogP contribution >= 0.6 is 0 Å². The van der Waals surface area contributed by atoms with Gasteiger partial charge in [0.2, 0.25) is 0 Å². The second-order valence-electron chi connectivity index (χ2n) is 4.68. The van der Waals surface area contributed by atoms with Gasteiger partial charge in [-0.2, -0.15) is 0 Å². The summed E-state index contributed by atoms with van der Waals surface area (Å²) in [6.07, 6.45) is 2.29. The van der Waals surface area contributed by atoms with E-state index in [9.17, 15) is 8.42 Å². The lowest BCUT2D eigenvalue weighted by Crippen LogP contribution is -2.42. The monoisotopic (exact) mass is 269 g/mol. The predicted octanol–water partition coefficient (Wildman–Crippen LogP) is 1.53. The molecule has 0 aliphatic carbocycles. The second-order valence-corrected chi connectivity index (χ2v) is 6.69. The van der Waals surface area contributed by atoms with Gasteiger partial charge in [-0.25, -0.2) is 8.42 Å². The summed E-state index contributed by atoms with van der Waals surface area (Å²) in [7, 11) is -3.12. The SMILES string of the molecule is CCC1COC(c2ccc(S(C)(=O)=O)cc2)CN1. The number of hydrogen-bond acceptors (Lipinski definition) is 4. The summed E-state index contributed by atoms with van der Waals surface area (Å²) in [5, 5.41) is 3.42. The first-order chi connectivity index (χ1) is 8.50. The Labute approximate surface area is 108 Å². The molecule has 1 fully saturated rings. The standard InChI is InChI=1S/C13H19NO3S/c1-3-11-9-17-13(8-14-11)10-4-6-12(7-5-10)18(2,15)16/h4-7,11,13-14H,3,8-9H2,1-2H3. The van der Waals surface area contributed by atoms with Crippen LogP contribution in [0.25, 0.3) is 0 Å². The molecule has 0 amide bonds. The number of morpholine rings is 1. The van der Waals surface area contributed by atoms with Crippen LogP contribution in [-0.2, 0) is 14.6 Å². The van der Waals surface area contributed by atoms with Gasteiger partial charge in [0.15, 0.2) is 9.84 Å². The molecule has 1 heterocycles. The molecule has 0 aromatic heterocycles. The molecule has 5 heteroatoms. The molecular formula is C13H19NO3S. The Hall–Kier alpha value is -0.910. The fraction of sp³-hybridized carbons (Fsp3) is 0.538. The van der Waals surface area contributed by atoms with E-state index >= 15 is 0 Å². The lowest BCUT2D eigenvalue weighted by molar-refractivity contribution is 0.00220. The molecule has 1 aromatic carbocycles. The van der Waals surface area contributed by atoms with E-state index in [-0.39, 0.29) is 6.10 Å². The first-order valence-corrected chi connectivity index (χ1v) is 8.05. The van der Waals surface area contributed by atoms with E-state index in [2.05, 4.69) is 12.2 Å². The van der Waals surface area contributed by atoms with Gasteiger partial charge in [0.25, 0.3) is 0 Å². The van der Waals surface area contributed by atoms with Gasteiger partial charge in [-0.05, 0) is 24.1 Å². The average Bonchev–Trinajstić information content (AvgIpc) is 2.38. The van der Waals surface area contributed by atoms with E-state index in [0.29, 0.717) is 17.5 Å². The van der Waals surface area contributed by atoms with Crippen molar-refractivity contribution in [2.45, 2.75) is 30.4 Å². The first kappa shape index (κ1) is 13.5. The van der Waals surface area contributed by atoms with Crippen LogP contribution in [-0.4, -0.2) is 33.9 Å². The third kappa shape index (κ3) is 3.10. The first-order valence-electron chi connectivity index (χ1n) is 6.15. The van der Waals surface area contributed by atoms with Crippen molar-refractivity contribution >= 4 is 9.84 Å². The zero-order valence-electron chi connectivity index (χ0n) is 10.7. The van der Waals surface area contributed by atoms with Crippen LogP contribution in [0.3, 0.4) is 0 Å². The largest absolute Gasteiger partial charge is 0.371 e. The van der Waals surface area contributed by atoms with Crippen molar-refractivity contribution < 1.29 is 13.2 Å². The second kappa shape index (κ2) is 5.38. The minimum Gasteiger partial charge on any atom is -0.371 e. The zero-order valence-corrected chi connectivity index (χ0v) is 11.5. The van der Waals surface area contributed by atoms with Crippen molar-refractivity contribution in [3.05, 3.63) is 29.8 Å². The number of benzene rings is 1. The Morgan fingerprint density at radius 2 is 2.00 bits per heavy atom. The molecule has 1 saturated heterocycles. The predicted molar refractivity (Wildman–Crippen MR) is 70.3 cm³/mol. The lowest BCUT2D eigenvalue weighted by Gasteiger charge is -2.30. The quantitative estimate of drug-likeness (QED) is 0.904. The molecule has 0 spiro atoms. The zero-order chi connectivity index (χ0) is 13.2. The van der Waals surface area contributed by atoms with Crippen molar-refractivity contribution in [1.82, 2.24) is 5.32 Å². The highest BCUT2D eigenvalue weighted by Crippen LogP contribution is 2.22. The van der Waals surface area contributed by atoms with Crippen LogP contribution in [0.15, 0.2) is 29.2 Å². The molecule has 0 saturated carbocycles. The Bertz CT molecular complexity index is 487. The lowest BCUT2D eigenvalue weighted by atomic mass is 10.1. The number of rotatable bonds is 3. The minimum absolute atomic E-state index is 0.0152. The van der Waals surface area contributed by atoms with E-state index in [1.54, 1.807) is 12.1 Å². The summed E-state index contributed by atoms with van der Waals surface area (Å²) in [4.78, 5) is 0.349. The van der Waals surface area contributed by atoms with Crippen LogP contribution in [0.1, 0.15) is 25.0 Å². The Morgan fingerprint density at radius 1 is 1.33 bits per heavy atom. The maximum Gasteiger partial charge on any atom is 0.175 e. The number of hydrogen-bond donors (Lipinski definition) is 1. The van der Waals surface area contributed by atoms with Crippen molar-refractivity contribution in [2.24, 2.45) is 0 Å². The molecule has 1 aromatic rings. The Kier molecular flexibility index (Phi) is 4.04. The highest BCUT2D eigenvalue weighted by molar-refractivity contribution is 7.90. The van der Waals surface area contributed by atoms with E-state index in [1.165, 1.54) is 6.26 Å². The van der Waals surface area contributed by atoms with Gasteiger partial charge >= 0.3 is 0 Å². The van der Waals surface area contributed by atoms with Crippen LogP contribution < -0.4 is 5.32 Å². The van der Waals surface area contributed by atoms with Crippen molar-refractivity contribution in [3.63, 3.8) is 0 Å². The van der Waals surface area contributed by atoms with Crippen molar-refractivity contribution in [1.29, 1.82) is 0 Å². The molecule has 1 N–H and O–H groups in total. The van der Waals surface area contributed by atoms with Gasteiger partial charge < -0.3 is 10.1 Å². The van der Waals surface area contributed by atoms with Gasteiger partial charge in [0, 0.05) is 18.8 Å². The summed E-state index contributed by atoms with van der Waals surface area (Å²) >= 11 is 0. The van der Waals surface area contributed by atoms with Gasteiger partial charge in [-0.3, -0.25) is 0 Å². The molecule has 100 valence electrons. The highest BCUT2D eigenvalue weighted by Gasteiger charge is 2.21. The van der Waals surface area contributed by atoms with E-state index in [4.69, 9.17) is 4.74 Å². The number of sulfone groups is 1. The summed E-state index contributed by atoms with van der Waals surface area (Å²) in [6.45, 7) is 3.61. The Morgan fingerprint density at radius 3 is 2.44 bits per heavy atom. The molecule has 0 bridgehead atoms. The molecule has 2 rings (SSSR count). The number of nitrogens with one attached hydrogen (secondary N) is 1. The molecular weight excluding hydrogens is 250 g/mol. The normalized spacial score (nSPS) is 25.0. The Balaban J connectivity index is 2.07. The molecule has 2 atom stereocenters. The van der Waals surface area contributed by atoms with E-state index in [0.717, 1.165) is 18.5 Å². The van der Waals surface area contributed by atoms with Gasteiger partial charge in [-0.1, -0.05) is 19.1 Å². The molecule has 18 heavy (non-hydrogen) atoms. The summed E-state index contributed by atoms with van der Waals surface area (Å²) in [5.74, 6) is 0. The molecule has 1 aliphatic rings. The van der Waals surface area contributed by atoms with Crippen LogP contribution in [0.2, 0.25) is 0 Å². The average molecular weight is 269 g/mol. The third-order valence-electron chi connectivity index (χ3n) is 3.26. The minimum atomic E-state index is -3.12. The maximum absolute atomic E-state index is 11.4. The summed E-state index contributed by atoms with van der Waals surface area (Å²) in [5.41, 5.74) is 1.02. The van der Waals surface area contributed by atoms with Crippen LogP contribution in [0.5, 0.6) is 0 Å². The van der Waals surface area contributed by atoms with E-state index < -0.39 is 9.84 Å². The van der Waals surface area contributed by atoms with Gasteiger partial charge in [0.1, 0.15) is 0 Å². The third-order valence-corrected chi connectivity index (χ3v) is 4.39. The number of ether oxygens (including phenoxy) is 1. The maximum atomic E-state index is 11.4. The molecule has 4 nitrogen and oxygen atoms in total. The molecule has 1 aliphatic heterocycles. The molecule has 0 radical (unpaired) electrons. The van der Waals surface area contributed by atoms with Crippen LogP contribution in [0, 0.1) is 0 Å². The fourth-order valence-corrected chi connectivity index (χ4v) is 2.66. The summed E-state index contributed by atoms with van der Waals surface area (Å²) in [6, 6.07) is 7.36. The van der Waals surface area contributed by atoms with E-state index in [1.807, 2.05) is 12.1 Å². The fourth-order valence-electron chi connectivity index (χ4n) is 2.03. The smallest absolute Gasteiger partial charge is 0.175 e. The van der Waals surface area contributed by atoms with Crippen molar-refractivity contribution in [2.75, 3.05) is 19.4 Å². The van der Waals surface area contributed by atoms with Gasteiger partial charge in [-0.15, -0.1) is 0 Å².